The molecule has 0 aliphatic heterocycles. The highest BCUT2D eigenvalue weighted by Gasteiger charge is 2.69. The number of ketones is 2. The van der Waals surface area contributed by atoms with E-state index in [4.69, 9.17) is 30.0 Å². The Morgan fingerprint density at radius 1 is 0.981 bits per heavy atom. The van der Waals surface area contributed by atoms with E-state index in [1.807, 2.05) is 92.8 Å². The first-order chi connectivity index (χ1) is 25.1. The maximum atomic E-state index is 15.6. The molecule has 4 atom stereocenters. The van der Waals surface area contributed by atoms with Gasteiger partial charge in [0, 0.05) is 17.1 Å². The lowest BCUT2D eigenvalue weighted by Crippen LogP contribution is -2.68. The maximum absolute atomic E-state index is 15.6. The first-order valence-corrected chi connectivity index (χ1v) is 21.7. The van der Waals surface area contributed by atoms with E-state index in [2.05, 4.69) is 46.8 Å². The minimum atomic E-state index is -2.90. The molecule has 3 aliphatic rings. The fourth-order valence-electron chi connectivity index (χ4n) is 7.69. The van der Waals surface area contributed by atoms with Crippen LogP contribution in [-0.4, -0.2) is 59.7 Å². The fraction of sp³-hybridized carbons (Fsp3) is 0.400. The van der Waals surface area contributed by atoms with Gasteiger partial charge in [0.1, 0.15) is 29.1 Å². The number of pyridine rings is 1. The van der Waals surface area contributed by atoms with Gasteiger partial charge in [0.05, 0.1) is 11.6 Å². The Morgan fingerprint density at radius 3 is 2.17 bits per heavy atom. The quantitative estimate of drug-likeness (QED) is 0.0995. The molecule has 0 amide bonds. The number of aromatic nitrogens is 2. The van der Waals surface area contributed by atoms with E-state index in [1.165, 1.54) is 0 Å². The Kier molecular flexibility index (Phi) is 9.76. The van der Waals surface area contributed by atoms with Crippen molar-refractivity contribution in [2.75, 3.05) is 14.1 Å². The number of fused-ring (bicyclic) bond motifs is 4. The molecule has 0 saturated heterocycles. The molecule has 0 bridgehead atoms. The molecule has 2 aromatic carbocycles. The summed E-state index contributed by atoms with van der Waals surface area (Å²) < 4.78 is 26.0. The van der Waals surface area contributed by atoms with Crippen LogP contribution < -0.4 is 9.47 Å². The van der Waals surface area contributed by atoms with E-state index in [0.717, 1.165) is 11.1 Å². The molecule has 278 valence electrons. The van der Waals surface area contributed by atoms with E-state index in [9.17, 15) is 5.11 Å². The fourth-order valence-corrected chi connectivity index (χ4v) is 10.0. The van der Waals surface area contributed by atoms with Crippen LogP contribution in [0.4, 0.5) is 0 Å². The van der Waals surface area contributed by atoms with E-state index in [1.54, 1.807) is 0 Å². The molecule has 53 heavy (non-hydrogen) atoms. The van der Waals surface area contributed by atoms with Gasteiger partial charge in [-0.2, -0.15) is 0 Å². The summed E-state index contributed by atoms with van der Waals surface area (Å²) in [6, 6.07) is 18.5. The number of hydrogen-bond donors (Lipinski definition) is 1. The van der Waals surface area contributed by atoms with Gasteiger partial charge in [-0.3, -0.25) is 14.5 Å². The highest BCUT2D eigenvalue weighted by Crippen LogP contribution is 2.59. The standard InChI is InChI=1S/C40H43BrClN3O7Si/c1-39(2,3)53(6,7)52-40-26(30(45(4)5)32-29(35(40)48)38(44-51-32)50-21-23-16-12-9-13-17-23)19-24-18-25-28(31(46)27(24)34(40)47)33(37(42)43-36(25)41)49-20-22-14-10-8-11-15-22/h8-17,24,26,30,46H,18-21H2,1-7H3/t24-,26-,30-,40-/m0/s1. The second kappa shape index (κ2) is 13.8. The number of carbonyl (C=O) groups is 2. The summed E-state index contributed by atoms with van der Waals surface area (Å²) in [5, 5.41) is 16.3. The molecule has 0 radical (unpaired) electrons. The van der Waals surface area contributed by atoms with Gasteiger partial charge in [0.15, 0.2) is 30.6 Å². The second-order valence-electron chi connectivity index (χ2n) is 15.8. The van der Waals surface area contributed by atoms with E-state index < -0.39 is 43.4 Å². The number of aliphatic hydroxyl groups excluding tert-OH is 1. The third kappa shape index (κ3) is 6.26. The molecule has 0 unspecified atom stereocenters. The van der Waals surface area contributed by atoms with Crippen molar-refractivity contribution in [3.8, 4) is 11.6 Å². The van der Waals surface area contributed by atoms with Crippen LogP contribution in [0.2, 0.25) is 23.3 Å². The van der Waals surface area contributed by atoms with Crippen LogP contribution in [0.1, 0.15) is 71.6 Å². The summed E-state index contributed by atoms with van der Waals surface area (Å²) in [7, 11) is 0.875. The molecule has 1 saturated carbocycles. The second-order valence-corrected chi connectivity index (χ2v) is 21.7. The van der Waals surface area contributed by atoms with Crippen LogP contribution in [0, 0.1) is 11.8 Å². The van der Waals surface area contributed by atoms with Crippen LogP contribution >= 0.6 is 27.5 Å². The zero-order valence-corrected chi connectivity index (χ0v) is 34.2. The first-order valence-electron chi connectivity index (χ1n) is 17.7. The lowest BCUT2D eigenvalue weighted by Gasteiger charge is -2.55. The van der Waals surface area contributed by atoms with Gasteiger partial charge in [-0.1, -0.05) is 93.0 Å². The average Bonchev–Trinajstić information content (AvgIpc) is 3.52. The van der Waals surface area contributed by atoms with Crippen molar-refractivity contribution in [1.29, 1.82) is 0 Å². The summed E-state index contributed by atoms with van der Waals surface area (Å²) in [5.41, 5.74) is 0.879. The molecular formula is C40H43BrClN3O7Si. The number of nitrogens with zero attached hydrogens (tertiary/aromatic N) is 3. The Hall–Kier alpha value is -3.81. The number of benzene rings is 2. The molecule has 2 aromatic heterocycles. The van der Waals surface area contributed by atoms with Crippen molar-refractivity contribution in [3.05, 3.63) is 110 Å². The number of rotatable bonds is 9. The Morgan fingerprint density at radius 2 is 1.58 bits per heavy atom. The molecule has 1 fully saturated rings. The number of ether oxygens (including phenoxy) is 2. The predicted octanol–water partition coefficient (Wildman–Crippen LogP) is 8.93. The van der Waals surface area contributed by atoms with Gasteiger partial charge >= 0.3 is 0 Å². The Labute approximate surface area is 323 Å². The summed E-state index contributed by atoms with van der Waals surface area (Å²) in [4.78, 5) is 37.5. The number of hydrogen-bond acceptors (Lipinski definition) is 10. The SMILES string of the molecule is CN(C)[C@@H]1c2onc(OCc3ccccc3)c2C(=O)[C@@]2(O[Si](C)(C)C(C)(C)C)C(=O)C3=C(O)c4c(c(Br)nc(Cl)c4OCc4ccccc4)C[C@H]3C[C@@H]12. The van der Waals surface area contributed by atoms with Crippen molar-refractivity contribution in [2.24, 2.45) is 11.8 Å². The Balaban J connectivity index is 1.41. The third-order valence-corrected chi connectivity index (χ3v) is 16.6. The minimum Gasteiger partial charge on any atom is -0.507 e. The lowest BCUT2D eigenvalue weighted by molar-refractivity contribution is -0.140. The predicted molar refractivity (Wildman–Crippen MR) is 207 cm³/mol. The molecule has 4 aromatic rings. The van der Waals surface area contributed by atoms with Crippen molar-refractivity contribution in [2.45, 2.75) is 76.6 Å². The van der Waals surface area contributed by atoms with Gasteiger partial charge in [-0.15, -0.1) is 0 Å². The van der Waals surface area contributed by atoms with E-state index in [0.29, 0.717) is 28.8 Å². The van der Waals surface area contributed by atoms with Gasteiger partial charge in [-0.25, -0.2) is 4.98 Å². The van der Waals surface area contributed by atoms with Crippen LogP contribution in [0.3, 0.4) is 0 Å². The number of Topliss-reactive ketones (excluding diaryl/α,β-unsaturated/α-hetero) is 2. The minimum absolute atomic E-state index is 0.00198. The van der Waals surface area contributed by atoms with Crippen LogP contribution in [0.25, 0.3) is 5.76 Å². The van der Waals surface area contributed by atoms with Crippen LogP contribution in [-0.2, 0) is 28.9 Å². The molecule has 10 nitrogen and oxygen atoms in total. The highest BCUT2D eigenvalue weighted by molar-refractivity contribution is 9.10. The molecule has 0 spiro atoms. The summed E-state index contributed by atoms with van der Waals surface area (Å²) in [5.74, 6) is -2.14. The molecule has 1 N–H and O–H groups in total. The van der Waals surface area contributed by atoms with Crippen molar-refractivity contribution in [3.63, 3.8) is 0 Å². The normalized spacial score (nSPS) is 22.6. The Bertz CT molecular complexity index is 2120. The summed E-state index contributed by atoms with van der Waals surface area (Å²) in [6.07, 6.45) is 0.659. The number of carbonyl (C=O) groups excluding carboxylic acids is 2. The number of aliphatic hydroxyl groups is 1. The third-order valence-electron chi connectivity index (χ3n) is 11.3. The van der Waals surface area contributed by atoms with E-state index >= 15 is 9.59 Å². The molecule has 7 rings (SSSR count). The highest BCUT2D eigenvalue weighted by atomic mass is 79.9. The number of halogens is 2. The van der Waals surface area contributed by atoms with E-state index in [-0.39, 0.29) is 57.5 Å². The van der Waals surface area contributed by atoms with Gasteiger partial charge in [-0.05, 0) is 83.2 Å². The largest absolute Gasteiger partial charge is 0.507 e. The summed E-state index contributed by atoms with van der Waals surface area (Å²) in [6.45, 7) is 10.5. The van der Waals surface area contributed by atoms with Crippen molar-refractivity contribution >= 4 is 53.2 Å². The van der Waals surface area contributed by atoms with Gasteiger partial charge < -0.3 is 23.5 Å². The van der Waals surface area contributed by atoms with Crippen molar-refractivity contribution in [1.82, 2.24) is 15.0 Å². The molecule has 13 heteroatoms. The molecular weight excluding hydrogens is 778 g/mol. The zero-order valence-electron chi connectivity index (χ0n) is 30.8. The van der Waals surface area contributed by atoms with Crippen molar-refractivity contribution < 1.29 is 33.1 Å². The van der Waals surface area contributed by atoms with Crippen LogP contribution in [0.5, 0.6) is 11.6 Å². The van der Waals surface area contributed by atoms with Crippen LogP contribution in [0.15, 0.2) is 75.4 Å². The summed E-state index contributed by atoms with van der Waals surface area (Å²) >= 11 is 10.3. The topological polar surface area (TPSA) is 124 Å². The van der Waals surface area contributed by atoms with Gasteiger partial charge in [0.2, 0.25) is 11.6 Å². The first kappa shape index (κ1) is 37.5. The lowest BCUT2D eigenvalue weighted by atomic mass is 9.57. The molecule has 3 aliphatic carbocycles. The average molecular weight is 821 g/mol. The monoisotopic (exact) mass is 819 g/mol. The molecule has 2 heterocycles. The maximum Gasteiger partial charge on any atom is 0.265 e. The zero-order chi connectivity index (χ0) is 38.0. The smallest absolute Gasteiger partial charge is 0.265 e. The van der Waals surface area contributed by atoms with Gasteiger partial charge in [0.25, 0.3) is 5.88 Å².